The number of esters is 1. The Hall–Kier alpha value is -2.29. The lowest BCUT2D eigenvalue weighted by Crippen LogP contribution is -2.31. The van der Waals surface area contributed by atoms with E-state index in [1.54, 1.807) is 0 Å². The Kier molecular flexibility index (Phi) is 6.20. The molecule has 3 rings (SSSR count). The lowest BCUT2D eigenvalue weighted by Gasteiger charge is -2.11. The van der Waals surface area contributed by atoms with Crippen molar-refractivity contribution in [2.75, 3.05) is 13.2 Å². The average molecular weight is 393 g/mol. The summed E-state index contributed by atoms with van der Waals surface area (Å²) in [5.74, 6) is -0.953. The third-order valence-corrected chi connectivity index (χ3v) is 5.65. The van der Waals surface area contributed by atoms with Crippen LogP contribution in [0.2, 0.25) is 0 Å². The summed E-state index contributed by atoms with van der Waals surface area (Å²) in [5, 5.41) is 0. The summed E-state index contributed by atoms with van der Waals surface area (Å²) >= 11 is 0. The zero-order valence-corrected chi connectivity index (χ0v) is 15.4. The van der Waals surface area contributed by atoms with Crippen LogP contribution in [0.1, 0.15) is 28.8 Å². The van der Waals surface area contributed by atoms with E-state index in [1.165, 1.54) is 48.5 Å². The van der Waals surface area contributed by atoms with Gasteiger partial charge in [-0.3, -0.25) is 0 Å². The molecule has 1 aliphatic heterocycles. The number of halogens is 1. The van der Waals surface area contributed by atoms with E-state index in [2.05, 4.69) is 4.72 Å². The van der Waals surface area contributed by atoms with Gasteiger partial charge in [0.25, 0.3) is 0 Å². The Morgan fingerprint density at radius 2 is 1.85 bits per heavy atom. The number of rotatable bonds is 7. The molecule has 0 bridgehead atoms. The van der Waals surface area contributed by atoms with Crippen LogP contribution in [-0.4, -0.2) is 33.6 Å². The van der Waals surface area contributed by atoms with Crippen molar-refractivity contribution in [3.8, 4) is 0 Å². The summed E-state index contributed by atoms with van der Waals surface area (Å²) in [6, 6.07) is 11.1. The molecular formula is C19H20FNO5S. The van der Waals surface area contributed by atoms with Gasteiger partial charge in [-0.1, -0.05) is 12.1 Å². The van der Waals surface area contributed by atoms with Crippen molar-refractivity contribution >= 4 is 16.0 Å². The third kappa shape index (κ3) is 5.35. The molecule has 1 N–H and O–H groups in total. The molecule has 0 aliphatic carbocycles. The number of nitrogens with one attached hydrogen (secondary N) is 1. The highest BCUT2D eigenvalue weighted by molar-refractivity contribution is 7.89. The first-order valence-corrected chi connectivity index (χ1v) is 10.1. The zero-order valence-electron chi connectivity index (χ0n) is 14.6. The molecular weight excluding hydrogens is 373 g/mol. The molecule has 0 aromatic heterocycles. The molecule has 0 radical (unpaired) electrons. The summed E-state index contributed by atoms with van der Waals surface area (Å²) in [5.41, 5.74) is 0.887. The van der Waals surface area contributed by atoms with Gasteiger partial charge in [0.15, 0.2) is 0 Å². The molecule has 8 heteroatoms. The first-order chi connectivity index (χ1) is 12.9. The lowest BCUT2D eigenvalue weighted by molar-refractivity contribution is 0.0472. The highest BCUT2D eigenvalue weighted by Gasteiger charge is 2.20. The smallest absolute Gasteiger partial charge is 0.338 e. The molecule has 2 aromatic rings. The van der Waals surface area contributed by atoms with Crippen molar-refractivity contribution in [2.45, 2.75) is 30.4 Å². The van der Waals surface area contributed by atoms with Crippen LogP contribution < -0.4 is 4.72 Å². The fourth-order valence-electron chi connectivity index (χ4n) is 2.67. The molecule has 1 aliphatic rings. The number of carbonyl (C=O) groups excluding carboxylic acids is 1. The second-order valence-electron chi connectivity index (χ2n) is 6.21. The number of hydrogen-bond donors (Lipinski definition) is 1. The normalized spacial score (nSPS) is 17.0. The average Bonchev–Trinajstić information content (AvgIpc) is 3.20. The molecule has 1 heterocycles. The highest BCUT2D eigenvalue weighted by atomic mass is 32.2. The maximum Gasteiger partial charge on any atom is 0.338 e. The van der Waals surface area contributed by atoms with E-state index in [9.17, 15) is 17.6 Å². The quantitative estimate of drug-likeness (QED) is 0.732. The molecule has 2 aromatic carbocycles. The number of ether oxygens (including phenoxy) is 2. The lowest BCUT2D eigenvalue weighted by atomic mass is 10.2. The minimum Gasteiger partial charge on any atom is -0.457 e. The highest BCUT2D eigenvalue weighted by Crippen LogP contribution is 2.15. The molecule has 1 atom stereocenters. The first-order valence-electron chi connectivity index (χ1n) is 8.57. The van der Waals surface area contributed by atoms with E-state index in [0.717, 1.165) is 12.8 Å². The Balaban J connectivity index is 1.56. The van der Waals surface area contributed by atoms with Gasteiger partial charge in [-0.25, -0.2) is 22.3 Å². The predicted molar refractivity (Wildman–Crippen MR) is 96.1 cm³/mol. The SMILES string of the molecule is O=C(OCc1ccc(F)cc1)c1ccc(S(=O)(=O)NCC2CCCO2)cc1. The number of carbonyl (C=O) groups is 1. The zero-order chi connectivity index (χ0) is 19.3. The largest absolute Gasteiger partial charge is 0.457 e. The van der Waals surface area contributed by atoms with Gasteiger partial charge in [-0.15, -0.1) is 0 Å². The van der Waals surface area contributed by atoms with Crippen LogP contribution in [0.5, 0.6) is 0 Å². The van der Waals surface area contributed by atoms with Crippen molar-refractivity contribution in [1.29, 1.82) is 0 Å². The van der Waals surface area contributed by atoms with Gasteiger partial charge in [-0.2, -0.15) is 0 Å². The third-order valence-electron chi connectivity index (χ3n) is 4.21. The van der Waals surface area contributed by atoms with Gasteiger partial charge >= 0.3 is 5.97 Å². The predicted octanol–water partition coefficient (Wildman–Crippen LogP) is 2.64. The van der Waals surface area contributed by atoms with Gasteiger partial charge in [0.1, 0.15) is 12.4 Å². The van der Waals surface area contributed by atoms with Crippen LogP contribution in [0.3, 0.4) is 0 Å². The fourth-order valence-corrected chi connectivity index (χ4v) is 3.74. The summed E-state index contributed by atoms with van der Waals surface area (Å²) in [6.07, 6.45) is 1.67. The Morgan fingerprint density at radius 3 is 2.48 bits per heavy atom. The fraction of sp³-hybridized carbons (Fsp3) is 0.316. The van der Waals surface area contributed by atoms with E-state index >= 15 is 0 Å². The molecule has 0 amide bonds. The summed E-state index contributed by atoms with van der Waals surface area (Å²) < 4.78 is 50.5. The molecule has 27 heavy (non-hydrogen) atoms. The topological polar surface area (TPSA) is 81.7 Å². The number of hydrogen-bond acceptors (Lipinski definition) is 5. The van der Waals surface area contributed by atoms with E-state index in [1.807, 2.05) is 0 Å². The van der Waals surface area contributed by atoms with Gasteiger partial charge in [0.2, 0.25) is 10.0 Å². The summed E-state index contributed by atoms with van der Waals surface area (Å²) in [6.45, 7) is 0.882. The molecule has 1 unspecified atom stereocenters. The van der Waals surface area contributed by atoms with Crippen LogP contribution >= 0.6 is 0 Å². The molecule has 6 nitrogen and oxygen atoms in total. The van der Waals surface area contributed by atoms with Crippen LogP contribution in [0.15, 0.2) is 53.4 Å². The first kappa shape index (κ1) is 19.5. The maximum atomic E-state index is 12.9. The van der Waals surface area contributed by atoms with Gasteiger partial charge < -0.3 is 9.47 Å². The van der Waals surface area contributed by atoms with Gasteiger partial charge in [0, 0.05) is 13.2 Å². The Morgan fingerprint density at radius 1 is 1.15 bits per heavy atom. The van der Waals surface area contributed by atoms with Crippen LogP contribution in [0.4, 0.5) is 4.39 Å². The van der Waals surface area contributed by atoms with Crippen molar-refractivity contribution in [3.05, 3.63) is 65.5 Å². The van der Waals surface area contributed by atoms with E-state index in [-0.39, 0.29) is 35.5 Å². The van der Waals surface area contributed by atoms with Crippen molar-refractivity contribution in [1.82, 2.24) is 4.72 Å². The van der Waals surface area contributed by atoms with Crippen molar-refractivity contribution < 1.29 is 27.1 Å². The van der Waals surface area contributed by atoms with E-state index in [0.29, 0.717) is 12.2 Å². The number of benzene rings is 2. The van der Waals surface area contributed by atoms with E-state index < -0.39 is 16.0 Å². The molecule has 144 valence electrons. The second-order valence-corrected chi connectivity index (χ2v) is 7.98. The van der Waals surface area contributed by atoms with Crippen LogP contribution in [-0.2, 0) is 26.1 Å². The van der Waals surface area contributed by atoms with Crippen LogP contribution in [0, 0.1) is 5.82 Å². The Bertz CT molecular complexity index is 875. The minimum absolute atomic E-state index is 0.00209. The Labute approximate surface area is 157 Å². The molecule has 0 saturated carbocycles. The van der Waals surface area contributed by atoms with Crippen LogP contribution in [0.25, 0.3) is 0 Å². The maximum absolute atomic E-state index is 12.9. The number of sulfonamides is 1. The minimum atomic E-state index is -3.67. The van der Waals surface area contributed by atoms with Crippen molar-refractivity contribution in [3.63, 3.8) is 0 Å². The standard InChI is InChI=1S/C19H20FNO5S/c20-16-7-3-14(4-8-16)13-26-19(22)15-5-9-18(10-6-15)27(23,24)21-12-17-2-1-11-25-17/h3-10,17,21H,1-2,11-13H2. The van der Waals surface area contributed by atoms with E-state index in [4.69, 9.17) is 9.47 Å². The second kappa shape index (κ2) is 8.60. The van der Waals surface area contributed by atoms with Crippen molar-refractivity contribution in [2.24, 2.45) is 0 Å². The monoisotopic (exact) mass is 393 g/mol. The summed E-state index contributed by atoms with van der Waals surface area (Å²) in [4.78, 5) is 12.1. The molecule has 1 fully saturated rings. The van der Waals surface area contributed by atoms with Gasteiger partial charge in [-0.05, 0) is 54.8 Å². The van der Waals surface area contributed by atoms with Gasteiger partial charge in [0.05, 0.1) is 16.6 Å². The summed E-state index contributed by atoms with van der Waals surface area (Å²) in [7, 11) is -3.67. The molecule has 0 spiro atoms. The molecule has 1 saturated heterocycles.